The van der Waals surface area contributed by atoms with Gasteiger partial charge < -0.3 is 39.6 Å². The van der Waals surface area contributed by atoms with Crippen molar-refractivity contribution in [1.82, 2.24) is 29.2 Å². The predicted octanol–water partition coefficient (Wildman–Crippen LogP) is 10.7. The summed E-state index contributed by atoms with van der Waals surface area (Å²) in [7, 11) is 3.80. The molecule has 0 saturated carbocycles. The van der Waals surface area contributed by atoms with E-state index in [4.69, 9.17) is 29.2 Å². The lowest BCUT2D eigenvalue weighted by Crippen LogP contribution is -2.37. The molecule has 0 amide bonds. The van der Waals surface area contributed by atoms with Crippen molar-refractivity contribution in [3.63, 3.8) is 0 Å². The molecule has 0 fully saturated rings. The molecule has 14 heteroatoms. The van der Waals surface area contributed by atoms with E-state index in [0.29, 0.717) is 62.2 Å². The van der Waals surface area contributed by atoms with Crippen molar-refractivity contribution in [2.24, 2.45) is 7.05 Å². The van der Waals surface area contributed by atoms with Crippen LogP contribution in [0.3, 0.4) is 0 Å². The van der Waals surface area contributed by atoms with E-state index >= 15 is 0 Å². The number of anilines is 1. The number of rotatable bonds is 12. The Balaban J connectivity index is 1.41. The number of benzene rings is 4. The molecule has 3 aromatic heterocycles. The smallest absolute Gasteiger partial charge is 0.200 e. The Morgan fingerprint density at radius 3 is 2.33 bits per heavy atom. The Morgan fingerprint density at radius 2 is 1.66 bits per heavy atom. The lowest BCUT2D eigenvalue weighted by atomic mass is 9.98. The summed E-state index contributed by atoms with van der Waals surface area (Å²) in [5.41, 5.74) is 8.28. The molecule has 318 valence electrons. The molecule has 7 aromatic rings. The van der Waals surface area contributed by atoms with Crippen LogP contribution in [-0.2, 0) is 13.5 Å². The van der Waals surface area contributed by atoms with Crippen molar-refractivity contribution in [2.75, 3.05) is 18.6 Å². The van der Waals surface area contributed by atoms with Crippen molar-refractivity contribution in [3.05, 3.63) is 106 Å². The minimum atomic E-state index is -0.126. The highest BCUT2D eigenvalue weighted by atomic mass is 32.1. The Bertz CT molecular complexity index is 2920. The zero-order valence-electron chi connectivity index (χ0n) is 36.0. The van der Waals surface area contributed by atoms with Crippen LogP contribution >= 0.6 is 24.4 Å². The van der Waals surface area contributed by atoms with E-state index < -0.39 is 0 Å². The largest absolute Gasteiger partial charge is 0.508 e. The molecular weight excluding hydrogens is 807 g/mol. The molecule has 0 spiro atoms. The molecule has 3 heterocycles. The normalized spacial score (nSPS) is 12.2. The van der Waals surface area contributed by atoms with Crippen LogP contribution in [0.5, 0.6) is 28.7 Å². The Morgan fingerprint density at radius 1 is 0.918 bits per heavy atom. The number of aromatic amines is 1. The first-order chi connectivity index (χ1) is 29.1. The van der Waals surface area contributed by atoms with Crippen molar-refractivity contribution in [1.29, 1.82) is 0 Å². The second-order valence-corrected chi connectivity index (χ2v) is 16.7. The van der Waals surface area contributed by atoms with E-state index in [2.05, 4.69) is 63.7 Å². The molecule has 7 rings (SSSR count). The van der Waals surface area contributed by atoms with Crippen molar-refractivity contribution < 1.29 is 25.2 Å². The van der Waals surface area contributed by atoms with Crippen LogP contribution in [0.25, 0.3) is 44.6 Å². The molecule has 0 aliphatic heterocycles. The standard InChI is InChI=1S/C47H53N7O5S2/c1-10-28-18-34(40(57)21-38(28)55)43(53(46(60)48-8)30-12-13-36-33(19-30)27(7)23-51(36)9)29(11-2)24-59-42-15-14-37(31-16-17-52(26(5)6)44(31)42)54-45(49-50-47(54)61)35-20-32(25(3)4)39(56)22-41(35)58/h12-23,25-26,55-58H,10-11,24H2,1-9H3,(H,48,60)(H,50,61). The van der Waals surface area contributed by atoms with Crippen LogP contribution in [0, 0.1) is 11.7 Å². The van der Waals surface area contributed by atoms with Gasteiger partial charge in [-0.3, -0.25) is 14.6 Å². The molecule has 0 saturated heterocycles. The lowest BCUT2D eigenvalue weighted by Gasteiger charge is -2.31. The number of phenols is 4. The van der Waals surface area contributed by atoms with Gasteiger partial charge in [-0.2, -0.15) is 5.10 Å². The number of nitrogens with one attached hydrogen (secondary N) is 2. The second kappa shape index (κ2) is 17.0. The third-order valence-corrected chi connectivity index (χ3v) is 12.0. The van der Waals surface area contributed by atoms with Crippen LogP contribution in [0.4, 0.5) is 5.69 Å². The average molecular weight is 860 g/mol. The number of fused-ring (bicyclic) bond motifs is 2. The maximum Gasteiger partial charge on any atom is 0.200 e. The first kappa shape index (κ1) is 42.9. The van der Waals surface area contributed by atoms with E-state index in [1.54, 1.807) is 17.7 Å². The number of thiocarbonyl (C=S) groups is 1. The molecule has 4 aromatic carbocycles. The van der Waals surface area contributed by atoms with Gasteiger partial charge in [0.05, 0.1) is 22.5 Å². The fraction of sp³-hybridized carbons (Fsp3) is 0.298. The zero-order chi connectivity index (χ0) is 44.0. The van der Waals surface area contributed by atoms with Gasteiger partial charge in [0, 0.05) is 72.2 Å². The molecule has 0 aliphatic rings. The number of phenolic OH excluding ortho intramolecular Hbond substituents is 4. The van der Waals surface area contributed by atoms with Gasteiger partial charge in [-0.05, 0) is 135 Å². The van der Waals surface area contributed by atoms with Gasteiger partial charge in [-0.25, -0.2) is 0 Å². The van der Waals surface area contributed by atoms with E-state index in [-0.39, 0.29) is 41.6 Å². The van der Waals surface area contributed by atoms with E-state index in [1.165, 1.54) is 12.1 Å². The molecule has 0 aliphatic carbocycles. The molecule has 0 bridgehead atoms. The molecule has 6 N–H and O–H groups in total. The highest BCUT2D eigenvalue weighted by Crippen LogP contribution is 2.43. The first-order valence-corrected chi connectivity index (χ1v) is 21.3. The summed E-state index contributed by atoms with van der Waals surface area (Å²) in [5, 5.41) is 57.1. The number of hydrogen-bond donors (Lipinski definition) is 6. The highest BCUT2D eigenvalue weighted by molar-refractivity contribution is 7.80. The maximum atomic E-state index is 11.6. The molecule has 61 heavy (non-hydrogen) atoms. The predicted molar refractivity (Wildman–Crippen MR) is 251 cm³/mol. The lowest BCUT2D eigenvalue weighted by molar-refractivity contribution is 0.350. The third kappa shape index (κ3) is 7.70. The molecule has 0 unspecified atom stereocenters. The molecule has 0 atom stereocenters. The van der Waals surface area contributed by atoms with Crippen LogP contribution in [0.15, 0.2) is 78.6 Å². The van der Waals surface area contributed by atoms with Crippen LogP contribution in [-0.4, -0.2) is 63.1 Å². The summed E-state index contributed by atoms with van der Waals surface area (Å²) in [4.78, 5) is 1.94. The Hall–Kier alpha value is -6.25. The van der Waals surface area contributed by atoms with Crippen molar-refractivity contribution in [2.45, 2.75) is 73.3 Å². The first-order valence-electron chi connectivity index (χ1n) is 20.4. The van der Waals surface area contributed by atoms with Crippen molar-refractivity contribution in [3.8, 4) is 45.8 Å². The second-order valence-electron chi connectivity index (χ2n) is 15.9. The monoisotopic (exact) mass is 859 g/mol. The number of aryl methyl sites for hydroxylation is 3. The van der Waals surface area contributed by atoms with Crippen LogP contribution in [0.2, 0.25) is 0 Å². The van der Waals surface area contributed by atoms with Gasteiger partial charge in [-0.1, -0.05) is 27.7 Å². The summed E-state index contributed by atoms with van der Waals surface area (Å²) < 4.78 is 13.2. The number of H-pyrrole nitrogens is 1. The van der Waals surface area contributed by atoms with Gasteiger partial charge in [0.25, 0.3) is 0 Å². The highest BCUT2D eigenvalue weighted by Gasteiger charge is 2.27. The van der Waals surface area contributed by atoms with Crippen LogP contribution in [0.1, 0.15) is 82.2 Å². The quantitative estimate of drug-likeness (QED) is 0.0656. The zero-order valence-corrected chi connectivity index (χ0v) is 37.6. The SMILES string of the molecule is CCC(COc1ccc(-n2c(-c3cc(C(C)C)c(O)cc3O)n[nH]c2=S)c2ccn(C(C)C)c12)=C(c1cc(CC)c(O)cc1O)N(C(=S)NC)c1ccc2c(c1)c(C)cn2C. The molecule has 12 nitrogen and oxygen atoms in total. The summed E-state index contributed by atoms with van der Waals surface area (Å²) in [5.74, 6) is 0.798. The molecular formula is C47H53N7O5S2. The Labute approximate surface area is 366 Å². The number of aromatic hydroxyl groups is 4. The number of nitrogens with zero attached hydrogens (tertiary/aromatic N) is 5. The van der Waals surface area contributed by atoms with Gasteiger partial charge in [-0.15, -0.1) is 0 Å². The summed E-state index contributed by atoms with van der Waals surface area (Å²) in [6.45, 7) is 14.3. The average Bonchev–Trinajstić information content (AvgIpc) is 3.92. The minimum Gasteiger partial charge on any atom is -0.508 e. The van der Waals surface area contributed by atoms with Gasteiger partial charge >= 0.3 is 0 Å². The third-order valence-electron chi connectivity index (χ3n) is 11.4. The summed E-state index contributed by atoms with van der Waals surface area (Å²) in [6.07, 6.45) is 5.18. The number of aromatic nitrogens is 5. The van der Waals surface area contributed by atoms with E-state index in [9.17, 15) is 20.4 Å². The number of hydrogen-bond acceptors (Lipinski definition) is 8. The minimum absolute atomic E-state index is 0.00757. The molecule has 0 radical (unpaired) electrons. The van der Waals surface area contributed by atoms with Gasteiger partial charge in [0.15, 0.2) is 15.7 Å². The summed E-state index contributed by atoms with van der Waals surface area (Å²) >= 11 is 11.9. The maximum absolute atomic E-state index is 11.6. The van der Waals surface area contributed by atoms with Crippen LogP contribution < -0.4 is 15.0 Å². The topological polar surface area (TPSA) is 149 Å². The fourth-order valence-electron chi connectivity index (χ4n) is 8.16. The summed E-state index contributed by atoms with van der Waals surface area (Å²) in [6, 6.07) is 18.4. The number of ether oxygens (including phenoxy) is 1. The van der Waals surface area contributed by atoms with E-state index in [1.807, 2.05) is 76.2 Å². The van der Waals surface area contributed by atoms with Gasteiger partial charge in [0.2, 0.25) is 0 Å². The fourth-order valence-corrected chi connectivity index (χ4v) is 8.59. The Kier molecular flexibility index (Phi) is 12.0. The van der Waals surface area contributed by atoms with E-state index in [0.717, 1.165) is 44.3 Å². The van der Waals surface area contributed by atoms with Gasteiger partial charge in [0.1, 0.15) is 35.4 Å². The van der Waals surface area contributed by atoms with Crippen molar-refractivity contribution >= 4 is 62.7 Å².